The lowest BCUT2D eigenvalue weighted by atomic mass is 9.99. The van der Waals surface area contributed by atoms with Gasteiger partial charge in [-0.25, -0.2) is 8.42 Å². The minimum atomic E-state index is -3.40. The monoisotopic (exact) mass is 354 g/mol. The van der Waals surface area contributed by atoms with Gasteiger partial charge in [0.1, 0.15) is 0 Å². The lowest BCUT2D eigenvalue weighted by molar-refractivity contribution is -0.127. The molecule has 1 amide bonds. The molecule has 0 bridgehead atoms. The SMILES string of the molecule is CCc1ccc(N(CCNC(=O)C2CCOCC2)S(C)(=O)=O)cc1. The smallest absolute Gasteiger partial charge is 0.232 e. The fourth-order valence-electron chi connectivity index (χ4n) is 2.77. The molecule has 1 aromatic rings. The van der Waals surface area contributed by atoms with Crippen molar-refractivity contribution in [2.24, 2.45) is 5.92 Å². The van der Waals surface area contributed by atoms with Gasteiger partial charge in [-0.2, -0.15) is 0 Å². The molecule has 7 heteroatoms. The second kappa shape index (κ2) is 8.48. The number of amides is 1. The number of hydrogen-bond donors (Lipinski definition) is 1. The minimum Gasteiger partial charge on any atom is -0.381 e. The van der Waals surface area contributed by atoms with E-state index >= 15 is 0 Å². The van der Waals surface area contributed by atoms with Gasteiger partial charge in [-0.1, -0.05) is 19.1 Å². The summed E-state index contributed by atoms with van der Waals surface area (Å²) in [7, 11) is -3.40. The van der Waals surface area contributed by atoms with Crippen LogP contribution in [0.3, 0.4) is 0 Å². The van der Waals surface area contributed by atoms with E-state index < -0.39 is 10.0 Å². The number of anilines is 1. The third kappa shape index (κ3) is 5.21. The molecule has 1 aromatic carbocycles. The second-order valence-corrected chi connectivity index (χ2v) is 7.94. The number of rotatable bonds is 7. The van der Waals surface area contributed by atoms with Crippen LogP contribution in [0.2, 0.25) is 0 Å². The van der Waals surface area contributed by atoms with Crippen LogP contribution in [0.1, 0.15) is 25.3 Å². The van der Waals surface area contributed by atoms with E-state index in [0.29, 0.717) is 25.4 Å². The molecule has 1 N–H and O–H groups in total. The fourth-order valence-corrected chi connectivity index (χ4v) is 3.70. The Labute approximate surface area is 144 Å². The highest BCUT2D eigenvalue weighted by atomic mass is 32.2. The summed E-state index contributed by atoms with van der Waals surface area (Å²) in [4.78, 5) is 12.1. The van der Waals surface area contributed by atoms with E-state index in [1.54, 1.807) is 12.1 Å². The van der Waals surface area contributed by atoms with Gasteiger partial charge in [0.25, 0.3) is 0 Å². The molecule has 0 unspecified atom stereocenters. The molecule has 0 atom stereocenters. The fraction of sp³-hybridized carbons (Fsp3) is 0.588. The standard InChI is InChI=1S/C17H26N2O4S/c1-3-14-4-6-16(7-5-14)19(24(2,21)22)11-10-18-17(20)15-8-12-23-13-9-15/h4-7,15H,3,8-13H2,1-2H3,(H,18,20). The molecule has 1 saturated heterocycles. The molecular formula is C17H26N2O4S. The van der Waals surface area contributed by atoms with Gasteiger partial charge in [-0.3, -0.25) is 9.10 Å². The van der Waals surface area contributed by atoms with Crippen molar-refractivity contribution >= 4 is 21.6 Å². The summed E-state index contributed by atoms with van der Waals surface area (Å²) < 4.78 is 30.7. The zero-order chi connectivity index (χ0) is 17.6. The molecule has 1 aliphatic heterocycles. The van der Waals surface area contributed by atoms with Crippen LogP contribution in [-0.4, -0.2) is 46.9 Å². The molecule has 0 aliphatic carbocycles. The van der Waals surface area contributed by atoms with Gasteiger partial charge in [0.15, 0.2) is 0 Å². The van der Waals surface area contributed by atoms with Crippen LogP contribution >= 0.6 is 0 Å². The zero-order valence-electron chi connectivity index (χ0n) is 14.3. The van der Waals surface area contributed by atoms with Crippen molar-refractivity contribution in [2.75, 3.05) is 36.9 Å². The minimum absolute atomic E-state index is 0.0203. The summed E-state index contributed by atoms with van der Waals surface area (Å²) >= 11 is 0. The number of nitrogens with zero attached hydrogens (tertiary/aromatic N) is 1. The number of carbonyl (C=O) groups excluding carboxylic acids is 1. The molecule has 0 radical (unpaired) electrons. The molecule has 0 aromatic heterocycles. The van der Waals surface area contributed by atoms with Crippen molar-refractivity contribution in [3.8, 4) is 0 Å². The molecule has 24 heavy (non-hydrogen) atoms. The molecule has 2 rings (SSSR count). The second-order valence-electron chi connectivity index (χ2n) is 6.03. The average Bonchev–Trinajstić information content (AvgIpc) is 2.58. The molecule has 134 valence electrons. The van der Waals surface area contributed by atoms with E-state index in [-0.39, 0.29) is 18.4 Å². The van der Waals surface area contributed by atoms with Crippen LogP contribution in [0.25, 0.3) is 0 Å². The van der Waals surface area contributed by atoms with Gasteiger partial charge < -0.3 is 10.1 Å². The first-order chi connectivity index (χ1) is 11.4. The Bertz CT molecular complexity index is 637. The Morgan fingerprint density at radius 2 is 1.88 bits per heavy atom. The van der Waals surface area contributed by atoms with Crippen LogP contribution in [-0.2, 0) is 26.0 Å². The summed E-state index contributed by atoms with van der Waals surface area (Å²) in [5.74, 6) is -0.0534. The predicted octanol–water partition coefficient (Wildman–Crippen LogP) is 1.56. The Balaban J connectivity index is 1.95. The van der Waals surface area contributed by atoms with Crippen LogP contribution < -0.4 is 9.62 Å². The number of hydrogen-bond acceptors (Lipinski definition) is 4. The van der Waals surface area contributed by atoms with Crippen molar-refractivity contribution in [3.63, 3.8) is 0 Å². The number of nitrogens with one attached hydrogen (secondary N) is 1. The van der Waals surface area contributed by atoms with Gasteiger partial charge in [-0.05, 0) is 37.0 Å². The normalized spacial score (nSPS) is 15.9. The van der Waals surface area contributed by atoms with Gasteiger partial charge >= 0.3 is 0 Å². The highest BCUT2D eigenvalue weighted by Crippen LogP contribution is 2.18. The molecular weight excluding hydrogens is 328 g/mol. The van der Waals surface area contributed by atoms with E-state index in [9.17, 15) is 13.2 Å². The zero-order valence-corrected chi connectivity index (χ0v) is 15.1. The van der Waals surface area contributed by atoms with E-state index in [1.807, 2.05) is 12.1 Å². The number of benzene rings is 1. The van der Waals surface area contributed by atoms with Crippen LogP contribution in [0.15, 0.2) is 24.3 Å². The topological polar surface area (TPSA) is 75.7 Å². The Kier molecular flexibility index (Phi) is 6.62. The third-order valence-electron chi connectivity index (χ3n) is 4.24. The van der Waals surface area contributed by atoms with E-state index in [4.69, 9.17) is 4.74 Å². The van der Waals surface area contributed by atoms with Gasteiger partial charge in [0.05, 0.1) is 18.5 Å². The first-order valence-electron chi connectivity index (χ1n) is 8.34. The number of ether oxygens (including phenoxy) is 1. The lowest BCUT2D eigenvalue weighted by Gasteiger charge is -2.24. The van der Waals surface area contributed by atoms with Gasteiger partial charge in [0.2, 0.25) is 15.9 Å². The van der Waals surface area contributed by atoms with Crippen molar-refractivity contribution in [3.05, 3.63) is 29.8 Å². The summed E-state index contributed by atoms with van der Waals surface area (Å²) in [6.07, 6.45) is 3.53. The first kappa shape index (κ1) is 18.7. The predicted molar refractivity (Wildman–Crippen MR) is 94.6 cm³/mol. The largest absolute Gasteiger partial charge is 0.381 e. The van der Waals surface area contributed by atoms with Crippen LogP contribution in [0.5, 0.6) is 0 Å². The lowest BCUT2D eigenvalue weighted by Crippen LogP contribution is -2.41. The van der Waals surface area contributed by atoms with E-state index in [2.05, 4.69) is 12.2 Å². The number of carbonyl (C=O) groups is 1. The van der Waals surface area contributed by atoms with Crippen molar-refractivity contribution in [1.29, 1.82) is 0 Å². The molecule has 1 fully saturated rings. The van der Waals surface area contributed by atoms with Crippen LogP contribution in [0.4, 0.5) is 5.69 Å². The highest BCUT2D eigenvalue weighted by Gasteiger charge is 2.22. The molecule has 6 nitrogen and oxygen atoms in total. The molecule has 1 heterocycles. The summed E-state index contributed by atoms with van der Waals surface area (Å²) in [5, 5.41) is 2.85. The van der Waals surface area contributed by atoms with E-state index in [0.717, 1.165) is 24.8 Å². The Morgan fingerprint density at radius 3 is 2.42 bits per heavy atom. The summed E-state index contributed by atoms with van der Waals surface area (Å²) in [6, 6.07) is 7.46. The number of aryl methyl sites for hydroxylation is 1. The molecule has 0 spiro atoms. The van der Waals surface area contributed by atoms with E-state index in [1.165, 1.54) is 10.6 Å². The maximum absolute atomic E-state index is 12.1. The number of sulfonamides is 1. The van der Waals surface area contributed by atoms with Crippen molar-refractivity contribution in [1.82, 2.24) is 5.32 Å². The third-order valence-corrected chi connectivity index (χ3v) is 5.43. The summed E-state index contributed by atoms with van der Waals surface area (Å²) in [5.41, 5.74) is 1.77. The van der Waals surface area contributed by atoms with Gasteiger partial charge in [-0.15, -0.1) is 0 Å². The van der Waals surface area contributed by atoms with Crippen molar-refractivity contribution < 1.29 is 17.9 Å². The molecule has 1 aliphatic rings. The van der Waals surface area contributed by atoms with Gasteiger partial charge in [0, 0.05) is 25.7 Å². The van der Waals surface area contributed by atoms with Crippen molar-refractivity contribution in [2.45, 2.75) is 26.2 Å². The summed E-state index contributed by atoms with van der Waals surface area (Å²) in [6.45, 7) is 3.78. The maximum Gasteiger partial charge on any atom is 0.232 e. The highest BCUT2D eigenvalue weighted by molar-refractivity contribution is 7.92. The van der Waals surface area contributed by atoms with Crippen LogP contribution in [0, 0.1) is 5.92 Å². The Hall–Kier alpha value is -1.60. The molecule has 0 saturated carbocycles. The maximum atomic E-state index is 12.1. The average molecular weight is 354 g/mol. The first-order valence-corrected chi connectivity index (χ1v) is 10.2. The quantitative estimate of drug-likeness (QED) is 0.806. The Morgan fingerprint density at radius 1 is 1.25 bits per heavy atom.